The Labute approximate surface area is 254 Å². The molecule has 9 nitrogen and oxygen atoms in total. The Hall–Kier alpha value is -4.78. The van der Waals surface area contributed by atoms with Crippen LogP contribution in [0.25, 0.3) is 0 Å². The lowest BCUT2D eigenvalue weighted by Crippen LogP contribution is -2.40. The number of amides is 1. The van der Waals surface area contributed by atoms with Gasteiger partial charge < -0.3 is 25.3 Å². The number of carbonyl (C=O) groups excluding carboxylic acids is 1. The second kappa shape index (κ2) is 13.9. The van der Waals surface area contributed by atoms with Gasteiger partial charge in [-0.2, -0.15) is 5.26 Å². The van der Waals surface area contributed by atoms with Gasteiger partial charge in [0, 0.05) is 47.5 Å². The Morgan fingerprint density at radius 1 is 1.09 bits per heavy atom. The van der Waals surface area contributed by atoms with Crippen molar-refractivity contribution < 1.29 is 9.53 Å². The molecule has 1 amide bonds. The van der Waals surface area contributed by atoms with Gasteiger partial charge in [0.05, 0.1) is 23.9 Å². The summed E-state index contributed by atoms with van der Waals surface area (Å²) in [7, 11) is 0. The highest BCUT2D eigenvalue weighted by molar-refractivity contribution is 6.31. The van der Waals surface area contributed by atoms with Gasteiger partial charge in [-0.15, -0.1) is 0 Å². The molecule has 2 aromatic carbocycles. The van der Waals surface area contributed by atoms with Gasteiger partial charge in [-0.25, -0.2) is 0 Å². The summed E-state index contributed by atoms with van der Waals surface area (Å²) < 4.78 is 7.42. The van der Waals surface area contributed by atoms with Crippen molar-refractivity contribution in [2.75, 3.05) is 11.9 Å². The Kier molecular flexibility index (Phi) is 9.62. The fourth-order valence-corrected chi connectivity index (χ4v) is 5.10. The van der Waals surface area contributed by atoms with Crippen LogP contribution < -0.4 is 16.2 Å². The number of aromatic nitrogens is 2. The van der Waals surface area contributed by atoms with Crippen LogP contribution in [0.3, 0.4) is 0 Å². The van der Waals surface area contributed by atoms with Crippen LogP contribution >= 0.6 is 11.6 Å². The smallest absolute Gasteiger partial charge is 0.254 e. The molecule has 1 aliphatic rings. The monoisotopic (exact) mass is 594 g/mol. The molecule has 3 N–H and O–H groups in total. The predicted octanol–water partition coefficient (Wildman–Crippen LogP) is 5.16. The maximum absolute atomic E-state index is 13.2. The van der Waals surface area contributed by atoms with Crippen molar-refractivity contribution >= 4 is 28.9 Å². The molecule has 2 aromatic heterocycles. The van der Waals surface area contributed by atoms with E-state index in [-0.39, 0.29) is 23.1 Å². The zero-order valence-corrected chi connectivity index (χ0v) is 24.2. The summed E-state index contributed by atoms with van der Waals surface area (Å²) in [4.78, 5) is 29.4. The number of nitriles is 1. The molecular weight excluding hydrogens is 564 g/mol. The minimum Gasteiger partial charge on any atom is -0.360 e. The van der Waals surface area contributed by atoms with Gasteiger partial charge in [-0.1, -0.05) is 41.9 Å². The lowest BCUT2D eigenvalue weighted by molar-refractivity contribution is 0.0343. The topological polar surface area (TPSA) is 133 Å². The maximum Gasteiger partial charge on any atom is 0.254 e. The van der Waals surface area contributed by atoms with E-state index in [1.54, 1.807) is 47.3 Å². The van der Waals surface area contributed by atoms with Crippen LogP contribution in [0.2, 0.25) is 5.02 Å². The molecule has 2 unspecified atom stereocenters. The van der Waals surface area contributed by atoms with Crippen molar-refractivity contribution in [1.82, 2.24) is 14.9 Å². The second-order valence-electron chi connectivity index (χ2n) is 10.4. The molecule has 10 heteroatoms. The fourth-order valence-electron chi connectivity index (χ4n) is 4.93. The number of benzene rings is 2. The molecule has 2 atom stereocenters. The highest BCUT2D eigenvalue weighted by Gasteiger charge is 2.24. The van der Waals surface area contributed by atoms with Crippen LogP contribution in [0.1, 0.15) is 51.9 Å². The number of nitrogens with one attached hydrogen (secondary N) is 3. The zero-order chi connectivity index (χ0) is 30.2. The Morgan fingerprint density at radius 2 is 1.91 bits per heavy atom. The van der Waals surface area contributed by atoms with E-state index < -0.39 is 11.9 Å². The minimum atomic E-state index is -1.22. The van der Waals surface area contributed by atoms with Gasteiger partial charge in [0.25, 0.3) is 11.5 Å². The van der Waals surface area contributed by atoms with Gasteiger partial charge in [0.2, 0.25) is 0 Å². The lowest BCUT2D eigenvalue weighted by atomic mass is 10.0. The van der Waals surface area contributed by atoms with Crippen LogP contribution in [0, 0.1) is 16.7 Å². The van der Waals surface area contributed by atoms with Crippen molar-refractivity contribution in [1.29, 1.82) is 10.7 Å². The number of pyridine rings is 2. The van der Waals surface area contributed by atoms with Crippen molar-refractivity contribution in [3.05, 3.63) is 129 Å². The quantitative estimate of drug-likeness (QED) is 0.217. The zero-order valence-electron chi connectivity index (χ0n) is 23.4. The van der Waals surface area contributed by atoms with Gasteiger partial charge in [-0.05, 0) is 72.7 Å². The molecule has 1 aliphatic heterocycles. The summed E-state index contributed by atoms with van der Waals surface area (Å²) in [6.45, 7) is 1.14. The molecule has 4 aromatic rings. The predicted molar refractivity (Wildman–Crippen MR) is 166 cm³/mol. The standard InChI is InChI=1S/C33H31ClN6O3/c34-26-11-12-28(38-30-5-2-4-14-43-30)27(17-26)32(36)29(18-35)39-33(42)25-16-24(19-37-20-25)15-22-7-9-23(10-8-22)21-40-13-3-1-6-31(40)41/h1,3,6-13,16-17,19-20,29-30,36,38H,2,4-5,14-15,21H2,(H,39,42). The average Bonchev–Trinajstić information content (AvgIpc) is 3.03. The van der Waals surface area contributed by atoms with E-state index in [0.717, 1.165) is 36.0 Å². The van der Waals surface area contributed by atoms with Gasteiger partial charge in [0.1, 0.15) is 6.23 Å². The molecule has 5 rings (SSSR count). The first-order valence-corrected chi connectivity index (χ1v) is 14.4. The van der Waals surface area contributed by atoms with E-state index in [9.17, 15) is 14.9 Å². The summed E-state index contributed by atoms with van der Waals surface area (Å²) in [5.41, 5.74) is 4.00. The summed E-state index contributed by atoms with van der Waals surface area (Å²) in [6, 6.07) is 20.6. The molecule has 1 fully saturated rings. The van der Waals surface area contributed by atoms with Crippen molar-refractivity contribution in [2.24, 2.45) is 0 Å². The Bertz CT molecular complexity index is 1710. The number of hydrogen-bond donors (Lipinski definition) is 3. The van der Waals surface area contributed by atoms with Crippen molar-refractivity contribution in [3.63, 3.8) is 0 Å². The molecule has 0 aliphatic carbocycles. The highest BCUT2D eigenvalue weighted by Crippen LogP contribution is 2.25. The number of ether oxygens (including phenoxy) is 1. The SMILES string of the molecule is N#CC(NC(=O)c1cncc(Cc2ccc(Cn3ccccc3=O)cc2)c1)C(=N)c1cc(Cl)ccc1NC1CCCCO1. The molecule has 0 radical (unpaired) electrons. The molecule has 0 spiro atoms. The Morgan fingerprint density at radius 3 is 2.65 bits per heavy atom. The highest BCUT2D eigenvalue weighted by atomic mass is 35.5. The Balaban J connectivity index is 1.25. The molecule has 1 saturated heterocycles. The first kappa shape index (κ1) is 29.7. The number of hydrogen-bond acceptors (Lipinski definition) is 7. The third-order valence-corrected chi connectivity index (χ3v) is 7.44. The average molecular weight is 595 g/mol. The van der Waals surface area contributed by atoms with Crippen molar-refractivity contribution in [3.8, 4) is 6.07 Å². The largest absolute Gasteiger partial charge is 0.360 e. The normalized spacial score (nSPS) is 15.2. The molecular formula is C33H31ClN6O3. The van der Waals surface area contributed by atoms with Gasteiger partial charge in [0.15, 0.2) is 6.04 Å². The molecule has 0 saturated carbocycles. The third kappa shape index (κ3) is 7.74. The van der Waals surface area contributed by atoms with Crippen LogP contribution in [0.5, 0.6) is 0 Å². The van der Waals surface area contributed by atoms with Gasteiger partial charge >= 0.3 is 0 Å². The maximum atomic E-state index is 13.2. The summed E-state index contributed by atoms with van der Waals surface area (Å²) in [5, 5.41) is 25.1. The molecule has 43 heavy (non-hydrogen) atoms. The number of halogens is 1. The van der Waals surface area contributed by atoms with Crippen molar-refractivity contribution in [2.45, 2.75) is 44.5 Å². The van der Waals surface area contributed by atoms with E-state index in [2.05, 4.69) is 15.6 Å². The molecule has 0 bridgehead atoms. The van der Waals surface area contributed by atoms with E-state index in [1.807, 2.05) is 36.4 Å². The van der Waals surface area contributed by atoms with Crippen LogP contribution in [-0.2, 0) is 17.7 Å². The van der Waals surface area contributed by atoms with Crippen LogP contribution in [0.4, 0.5) is 5.69 Å². The van der Waals surface area contributed by atoms with E-state index in [4.69, 9.17) is 21.7 Å². The molecule has 218 valence electrons. The fraction of sp³-hybridized carbons (Fsp3) is 0.242. The van der Waals surface area contributed by atoms with E-state index in [1.165, 1.54) is 12.3 Å². The van der Waals surface area contributed by atoms with E-state index >= 15 is 0 Å². The second-order valence-corrected chi connectivity index (χ2v) is 10.8. The summed E-state index contributed by atoms with van der Waals surface area (Å²) in [5.74, 6) is -0.513. The first-order chi connectivity index (χ1) is 20.9. The summed E-state index contributed by atoms with van der Waals surface area (Å²) >= 11 is 6.24. The number of rotatable bonds is 10. The van der Waals surface area contributed by atoms with E-state index in [0.29, 0.717) is 35.8 Å². The third-order valence-electron chi connectivity index (χ3n) is 7.20. The first-order valence-electron chi connectivity index (χ1n) is 14.0. The van der Waals surface area contributed by atoms with Crippen LogP contribution in [-0.4, -0.2) is 40.0 Å². The molecule has 3 heterocycles. The minimum absolute atomic E-state index is 0.0553. The number of carbonyl (C=O) groups is 1. The van der Waals surface area contributed by atoms with Crippen LogP contribution in [0.15, 0.2) is 90.1 Å². The summed E-state index contributed by atoms with van der Waals surface area (Å²) in [6.07, 6.45) is 8.09. The number of anilines is 1. The number of nitrogens with zero attached hydrogens (tertiary/aromatic N) is 3. The van der Waals surface area contributed by atoms with Gasteiger partial charge in [-0.3, -0.25) is 14.6 Å². The lowest BCUT2D eigenvalue weighted by Gasteiger charge is -2.26.